The largest absolute Gasteiger partial charge is 0.377 e. The second kappa shape index (κ2) is 2.46. The van der Waals surface area contributed by atoms with Gasteiger partial charge in [-0.15, -0.1) is 0 Å². The minimum absolute atomic E-state index is 0.352. The van der Waals surface area contributed by atoms with E-state index < -0.39 is 0 Å². The van der Waals surface area contributed by atoms with Crippen LogP contribution in [0.1, 0.15) is 13.3 Å². The molecule has 0 aromatic heterocycles. The molecule has 0 bridgehead atoms. The van der Waals surface area contributed by atoms with E-state index in [0.29, 0.717) is 12.6 Å². The molecule has 2 nitrogen and oxygen atoms in total. The molecule has 1 rings (SSSR count). The normalized spacial score (nSPS) is 38.2. The highest BCUT2D eigenvalue weighted by Gasteiger charge is 2.19. The van der Waals surface area contributed by atoms with Crippen LogP contribution >= 0.6 is 0 Å². The molecule has 0 aromatic rings. The molecule has 8 heavy (non-hydrogen) atoms. The van der Waals surface area contributed by atoms with Crippen LogP contribution in [-0.2, 0) is 4.74 Å². The van der Waals surface area contributed by atoms with Crippen molar-refractivity contribution in [3.63, 3.8) is 0 Å². The highest BCUT2D eigenvalue weighted by Crippen LogP contribution is 2.16. The fraction of sp³-hybridized carbons (Fsp3) is 1.00. The number of nitrogens with two attached hydrogens (primary N) is 1. The molecule has 2 heteroatoms. The Hall–Kier alpha value is -0.0800. The molecule has 48 valence electrons. The van der Waals surface area contributed by atoms with E-state index in [1.54, 1.807) is 0 Å². The number of hydrogen-bond acceptors (Lipinski definition) is 2. The number of rotatable bonds is 1. The Morgan fingerprint density at radius 2 is 2.50 bits per heavy atom. The van der Waals surface area contributed by atoms with E-state index in [1.807, 2.05) is 0 Å². The lowest BCUT2D eigenvalue weighted by molar-refractivity contribution is 0.113. The van der Waals surface area contributed by atoms with Crippen molar-refractivity contribution >= 4 is 0 Å². The van der Waals surface area contributed by atoms with Gasteiger partial charge in [-0.25, -0.2) is 0 Å². The predicted octanol–water partition coefficient (Wildman–Crippen LogP) is 0.370. The van der Waals surface area contributed by atoms with Crippen LogP contribution in [0.4, 0.5) is 0 Å². The minimum Gasteiger partial charge on any atom is -0.377 e. The van der Waals surface area contributed by atoms with Crippen LogP contribution in [0.2, 0.25) is 0 Å². The Morgan fingerprint density at radius 3 is 2.75 bits per heavy atom. The third kappa shape index (κ3) is 1.20. The maximum atomic E-state index is 5.37. The first kappa shape index (κ1) is 6.05. The molecule has 0 unspecified atom stereocenters. The van der Waals surface area contributed by atoms with Crippen LogP contribution in [-0.4, -0.2) is 19.3 Å². The first-order valence-corrected chi connectivity index (χ1v) is 3.14. The van der Waals surface area contributed by atoms with Gasteiger partial charge < -0.3 is 10.5 Å². The van der Waals surface area contributed by atoms with Crippen LogP contribution in [0.5, 0.6) is 0 Å². The van der Waals surface area contributed by atoms with Crippen molar-refractivity contribution in [2.24, 2.45) is 11.7 Å². The van der Waals surface area contributed by atoms with Gasteiger partial charge in [0.15, 0.2) is 0 Å². The predicted molar refractivity (Wildman–Crippen MR) is 32.6 cm³/mol. The smallest absolute Gasteiger partial charge is 0.0700 e. The third-order valence-corrected chi connectivity index (χ3v) is 1.54. The summed E-state index contributed by atoms with van der Waals surface area (Å²) in [5.41, 5.74) is 5.37. The lowest BCUT2D eigenvalue weighted by Gasteiger charge is -2.01. The molecular formula is C6H13NO. The quantitative estimate of drug-likeness (QED) is 0.536. The van der Waals surface area contributed by atoms with Gasteiger partial charge >= 0.3 is 0 Å². The summed E-state index contributed by atoms with van der Waals surface area (Å²) in [5.74, 6) is 0.726. The molecule has 1 heterocycles. The highest BCUT2D eigenvalue weighted by atomic mass is 16.5. The maximum Gasteiger partial charge on any atom is 0.0700 e. The molecule has 2 atom stereocenters. The minimum atomic E-state index is 0.352. The van der Waals surface area contributed by atoms with Gasteiger partial charge in [-0.05, 0) is 12.3 Å². The van der Waals surface area contributed by atoms with E-state index >= 15 is 0 Å². The molecule has 1 saturated heterocycles. The van der Waals surface area contributed by atoms with Crippen LogP contribution in [0.3, 0.4) is 0 Å². The fourth-order valence-corrected chi connectivity index (χ4v) is 1.05. The van der Waals surface area contributed by atoms with Gasteiger partial charge in [-0.1, -0.05) is 6.92 Å². The van der Waals surface area contributed by atoms with Crippen LogP contribution in [0.25, 0.3) is 0 Å². The summed E-state index contributed by atoms with van der Waals surface area (Å²) in [7, 11) is 0. The maximum absolute atomic E-state index is 5.37. The van der Waals surface area contributed by atoms with Gasteiger partial charge in [0.2, 0.25) is 0 Å². The summed E-state index contributed by atoms with van der Waals surface area (Å²) in [5, 5.41) is 0. The average Bonchev–Trinajstić information content (AvgIpc) is 2.14. The summed E-state index contributed by atoms with van der Waals surface area (Å²) in [6.45, 7) is 3.78. The van der Waals surface area contributed by atoms with Crippen molar-refractivity contribution in [1.82, 2.24) is 0 Å². The zero-order valence-electron chi connectivity index (χ0n) is 5.26. The fourth-order valence-electron chi connectivity index (χ4n) is 1.05. The van der Waals surface area contributed by atoms with Crippen molar-refractivity contribution in [1.29, 1.82) is 0 Å². The summed E-state index contributed by atoms with van der Waals surface area (Å²) < 4.78 is 5.29. The molecule has 1 fully saturated rings. The second-order valence-corrected chi connectivity index (χ2v) is 2.53. The number of hydrogen-bond donors (Lipinski definition) is 1. The highest BCUT2D eigenvalue weighted by molar-refractivity contribution is 4.70. The van der Waals surface area contributed by atoms with Gasteiger partial charge in [0.25, 0.3) is 0 Å². The molecule has 0 aliphatic carbocycles. The second-order valence-electron chi connectivity index (χ2n) is 2.53. The Labute approximate surface area is 50.0 Å². The Bertz CT molecular complexity index is 74.9. The van der Waals surface area contributed by atoms with E-state index in [1.165, 1.54) is 0 Å². The van der Waals surface area contributed by atoms with Crippen molar-refractivity contribution in [2.45, 2.75) is 19.4 Å². The summed E-state index contributed by atoms with van der Waals surface area (Å²) in [6.07, 6.45) is 1.50. The van der Waals surface area contributed by atoms with Crippen LogP contribution in [0, 0.1) is 5.92 Å². The van der Waals surface area contributed by atoms with Crippen molar-refractivity contribution < 1.29 is 4.74 Å². The molecular weight excluding hydrogens is 102 g/mol. The molecule has 1 aliphatic heterocycles. The number of ether oxygens (including phenoxy) is 1. The molecule has 0 radical (unpaired) electrons. The standard InChI is InChI=1S/C6H13NO/c1-5-2-6(3-7)8-4-5/h5-6H,2-4,7H2,1H3/t5-,6+/m1/s1. The lowest BCUT2D eigenvalue weighted by atomic mass is 10.1. The first-order valence-electron chi connectivity index (χ1n) is 3.14. The van der Waals surface area contributed by atoms with Crippen LogP contribution in [0.15, 0.2) is 0 Å². The average molecular weight is 115 g/mol. The topological polar surface area (TPSA) is 35.2 Å². The monoisotopic (exact) mass is 115 g/mol. The third-order valence-electron chi connectivity index (χ3n) is 1.54. The molecule has 0 aromatic carbocycles. The van der Waals surface area contributed by atoms with Gasteiger partial charge in [-0.3, -0.25) is 0 Å². The Balaban J connectivity index is 2.22. The summed E-state index contributed by atoms with van der Waals surface area (Å²) in [6, 6.07) is 0. The van der Waals surface area contributed by atoms with Gasteiger partial charge in [0.05, 0.1) is 6.10 Å². The Kier molecular flexibility index (Phi) is 1.86. The molecule has 0 spiro atoms. The Morgan fingerprint density at radius 1 is 1.75 bits per heavy atom. The zero-order chi connectivity index (χ0) is 5.98. The van der Waals surface area contributed by atoms with Gasteiger partial charge in [-0.2, -0.15) is 0 Å². The zero-order valence-corrected chi connectivity index (χ0v) is 5.26. The van der Waals surface area contributed by atoms with Crippen molar-refractivity contribution in [3.05, 3.63) is 0 Å². The molecule has 1 aliphatic rings. The first-order chi connectivity index (χ1) is 3.83. The van der Waals surface area contributed by atoms with Gasteiger partial charge in [0.1, 0.15) is 0 Å². The van der Waals surface area contributed by atoms with E-state index in [2.05, 4.69) is 6.92 Å². The van der Waals surface area contributed by atoms with E-state index in [-0.39, 0.29) is 0 Å². The van der Waals surface area contributed by atoms with Gasteiger partial charge in [0, 0.05) is 13.2 Å². The van der Waals surface area contributed by atoms with E-state index in [4.69, 9.17) is 10.5 Å². The van der Waals surface area contributed by atoms with E-state index in [0.717, 1.165) is 18.9 Å². The SMILES string of the molecule is C[C@H]1CO[C@H](CN)C1. The molecule has 0 saturated carbocycles. The van der Waals surface area contributed by atoms with E-state index in [9.17, 15) is 0 Å². The lowest BCUT2D eigenvalue weighted by Crippen LogP contribution is -2.18. The summed E-state index contributed by atoms with van der Waals surface area (Å²) >= 11 is 0. The van der Waals surface area contributed by atoms with Crippen molar-refractivity contribution in [2.75, 3.05) is 13.2 Å². The molecule has 0 amide bonds. The van der Waals surface area contributed by atoms with Crippen molar-refractivity contribution in [3.8, 4) is 0 Å². The van der Waals surface area contributed by atoms with Crippen LogP contribution < -0.4 is 5.73 Å². The molecule has 2 N–H and O–H groups in total. The summed E-state index contributed by atoms with van der Waals surface area (Å²) in [4.78, 5) is 0.